The zero-order valence-electron chi connectivity index (χ0n) is 14.4. The van der Waals surface area contributed by atoms with Crippen LogP contribution in [0, 0.1) is 6.92 Å². The Morgan fingerprint density at radius 3 is 2.73 bits per heavy atom. The van der Waals surface area contributed by atoms with Crippen LogP contribution in [0.3, 0.4) is 0 Å². The second kappa shape index (κ2) is 7.49. The van der Waals surface area contributed by atoms with Crippen LogP contribution in [0.4, 0.5) is 0 Å². The molecule has 0 bridgehead atoms. The number of para-hydroxylation sites is 1. The zero-order chi connectivity index (χ0) is 18.7. The van der Waals surface area contributed by atoms with Crippen LogP contribution in [-0.4, -0.2) is 21.6 Å². The van der Waals surface area contributed by atoms with Crippen molar-refractivity contribution in [3.05, 3.63) is 62.1 Å². The van der Waals surface area contributed by atoms with Crippen molar-refractivity contribution in [3.63, 3.8) is 0 Å². The lowest BCUT2D eigenvalue weighted by molar-refractivity contribution is -0.122. The molecule has 26 heavy (non-hydrogen) atoms. The summed E-state index contributed by atoms with van der Waals surface area (Å²) < 4.78 is 1.42. The summed E-state index contributed by atoms with van der Waals surface area (Å²) in [5, 5.41) is 4.48. The molecule has 0 aliphatic heterocycles. The standard InChI is InChI=1S/C18H18N4O3S/c1-3-15-11(2)8-16(26-15)18(25)21-20-17(24)10-22-13-7-5-4-6-12(13)14(23)9-19-22/h4-9H,3,10H2,1-2H3,(H,20,24)(H,21,25). The van der Waals surface area contributed by atoms with Gasteiger partial charge >= 0.3 is 0 Å². The zero-order valence-corrected chi connectivity index (χ0v) is 15.2. The van der Waals surface area contributed by atoms with Gasteiger partial charge in [0, 0.05) is 10.3 Å². The average Bonchev–Trinajstić information content (AvgIpc) is 3.03. The van der Waals surface area contributed by atoms with E-state index in [2.05, 4.69) is 16.0 Å². The van der Waals surface area contributed by atoms with Crippen LogP contribution in [-0.2, 0) is 17.8 Å². The molecule has 0 atom stereocenters. The number of hydrazine groups is 1. The van der Waals surface area contributed by atoms with Crippen LogP contribution in [0.5, 0.6) is 0 Å². The largest absolute Gasteiger partial charge is 0.287 e. The van der Waals surface area contributed by atoms with Crippen molar-refractivity contribution in [1.29, 1.82) is 0 Å². The summed E-state index contributed by atoms with van der Waals surface area (Å²) in [6, 6.07) is 8.73. The first-order valence-corrected chi connectivity index (χ1v) is 8.94. The molecule has 0 aliphatic rings. The number of thiophene rings is 1. The molecule has 8 heteroatoms. The Balaban J connectivity index is 1.67. The topological polar surface area (TPSA) is 93.1 Å². The van der Waals surface area contributed by atoms with E-state index in [-0.39, 0.29) is 17.9 Å². The Kier molecular flexibility index (Phi) is 5.13. The highest BCUT2D eigenvalue weighted by molar-refractivity contribution is 7.14. The van der Waals surface area contributed by atoms with Gasteiger partial charge in [-0.15, -0.1) is 11.3 Å². The van der Waals surface area contributed by atoms with Gasteiger partial charge in [-0.25, -0.2) is 0 Å². The monoisotopic (exact) mass is 370 g/mol. The highest BCUT2D eigenvalue weighted by Gasteiger charge is 2.13. The smallest absolute Gasteiger partial charge is 0.279 e. The number of carbonyl (C=O) groups is 2. The van der Waals surface area contributed by atoms with E-state index in [4.69, 9.17) is 0 Å². The molecule has 0 spiro atoms. The Labute approximate surface area is 153 Å². The average molecular weight is 370 g/mol. The fourth-order valence-corrected chi connectivity index (χ4v) is 3.64. The quantitative estimate of drug-likeness (QED) is 0.685. The number of rotatable bonds is 4. The van der Waals surface area contributed by atoms with Gasteiger partial charge in [0.1, 0.15) is 6.54 Å². The minimum atomic E-state index is -0.441. The molecule has 0 aliphatic carbocycles. The molecule has 1 aromatic carbocycles. The number of aromatic nitrogens is 2. The number of nitrogens with zero attached hydrogens (tertiary/aromatic N) is 2. The number of amides is 2. The van der Waals surface area contributed by atoms with Crippen LogP contribution >= 0.6 is 11.3 Å². The van der Waals surface area contributed by atoms with Crippen molar-refractivity contribution >= 4 is 34.1 Å². The van der Waals surface area contributed by atoms with Gasteiger partial charge in [0.15, 0.2) is 0 Å². The first kappa shape index (κ1) is 17.8. The highest BCUT2D eigenvalue weighted by Crippen LogP contribution is 2.21. The van der Waals surface area contributed by atoms with E-state index in [0.29, 0.717) is 15.8 Å². The number of hydrogen-bond donors (Lipinski definition) is 2. The van der Waals surface area contributed by atoms with E-state index in [1.807, 2.05) is 19.9 Å². The van der Waals surface area contributed by atoms with Gasteiger partial charge in [-0.05, 0) is 37.1 Å². The van der Waals surface area contributed by atoms with Crippen LogP contribution < -0.4 is 16.3 Å². The van der Waals surface area contributed by atoms with E-state index in [0.717, 1.165) is 16.9 Å². The predicted molar refractivity (Wildman–Crippen MR) is 100 cm³/mol. The van der Waals surface area contributed by atoms with Crippen LogP contribution in [0.25, 0.3) is 10.9 Å². The number of benzene rings is 1. The van der Waals surface area contributed by atoms with Gasteiger partial charge in [0.05, 0.1) is 16.6 Å². The molecule has 0 saturated carbocycles. The van der Waals surface area contributed by atoms with E-state index < -0.39 is 5.91 Å². The Morgan fingerprint density at radius 2 is 2.00 bits per heavy atom. The Bertz CT molecular complexity index is 1040. The number of hydrogen-bond acceptors (Lipinski definition) is 5. The third-order valence-corrected chi connectivity index (χ3v) is 5.32. The number of fused-ring (bicyclic) bond motifs is 1. The Hall–Kier alpha value is -3.00. The van der Waals surface area contributed by atoms with E-state index in [1.54, 1.807) is 24.3 Å². The van der Waals surface area contributed by atoms with Crippen molar-refractivity contribution in [3.8, 4) is 0 Å². The van der Waals surface area contributed by atoms with Crippen molar-refractivity contribution in [2.75, 3.05) is 0 Å². The molecule has 2 amide bonds. The molecule has 3 aromatic rings. The Morgan fingerprint density at radius 1 is 1.23 bits per heavy atom. The normalized spacial score (nSPS) is 10.7. The molecule has 2 N–H and O–H groups in total. The summed E-state index contributed by atoms with van der Waals surface area (Å²) in [4.78, 5) is 37.8. The van der Waals surface area contributed by atoms with Crippen molar-refractivity contribution < 1.29 is 9.59 Å². The molecule has 2 aromatic heterocycles. The van der Waals surface area contributed by atoms with Gasteiger partial charge < -0.3 is 0 Å². The number of aryl methyl sites for hydroxylation is 2. The highest BCUT2D eigenvalue weighted by atomic mass is 32.1. The van der Waals surface area contributed by atoms with E-state index in [1.165, 1.54) is 22.2 Å². The molecule has 2 heterocycles. The minimum Gasteiger partial charge on any atom is -0.287 e. The summed E-state index contributed by atoms with van der Waals surface area (Å²) in [6.45, 7) is 3.87. The van der Waals surface area contributed by atoms with Gasteiger partial charge in [0.2, 0.25) is 5.43 Å². The fourth-order valence-electron chi connectivity index (χ4n) is 2.63. The molecule has 0 fully saturated rings. The SMILES string of the molecule is CCc1sc(C(=O)NNC(=O)Cn2ncc(=O)c3ccccc32)cc1C. The molecule has 7 nitrogen and oxygen atoms in total. The summed E-state index contributed by atoms with van der Waals surface area (Å²) in [6.07, 6.45) is 2.04. The molecule has 134 valence electrons. The number of nitrogens with one attached hydrogen (secondary N) is 2. The van der Waals surface area contributed by atoms with Crippen molar-refractivity contribution in [2.24, 2.45) is 0 Å². The minimum absolute atomic E-state index is 0.120. The maximum Gasteiger partial charge on any atom is 0.279 e. The first-order valence-electron chi connectivity index (χ1n) is 8.13. The van der Waals surface area contributed by atoms with Gasteiger partial charge in [-0.2, -0.15) is 5.10 Å². The molecule has 0 saturated heterocycles. The van der Waals surface area contributed by atoms with E-state index in [9.17, 15) is 14.4 Å². The lowest BCUT2D eigenvalue weighted by Gasteiger charge is -2.10. The van der Waals surface area contributed by atoms with Gasteiger partial charge in [-0.1, -0.05) is 19.1 Å². The van der Waals surface area contributed by atoms with Crippen LogP contribution in [0.2, 0.25) is 0 Å². The molecular formula is C18H18N4O3S. The molecule has 0 radical (unpaired) electrons. The number of carbonyl (C=O) groups excluding carboxylic acids is 2. The van der Waals surface area contributed by atoms with E-state index >= 15 is 0 Å². The maximum absolute atomic E-state index is 12.2. The lowest BCUT2D eigenvalue weighted by atomic mass is 10.2. The second-order valence-electron chi connectivity index (χ2n) is 5.76. The first-order chi connectivity index (χ1) is 12.5. The summed E-state index contributed by atoms with van der Waals surface area (Å²) in [5.74, 6) is -0.799. The van der Waals surface area contributed by atoms with Crippen LogP contribution in [0.1, 0.15) is 27.0 Å². The molecule has 3 rings (SSSR count). The maximum atomic E-state index is 12.2. The third kappa shape index (κ3) is 3.65. The predicted octanol–water partition coefficient (Wildman–Crippen LogP) is 1.79. The second-order valence-corrected chi connectivity index (χ2v) is 6.89. The summed E-state index contributed by atoms with van der Waals surface area (Å²) in [7, 11) is 0. The lowest BCUT2D eigenvalue weighted by Crippen LogP contribution is -2.43. The summed E-state index contributed by atoms with van der Waals surface area (Å²) in [5.41, 5.74) is 6.22. The third-order valence-electron chi connectivity index (χ3n) is 3.94. The van der Waals surface area contributed by atoms with Gasteiger partial charge in [-0.3, -0.25) is 29.9 Å². The molecular weight excluding hydrogens is 352 g/mol. The van der Waals surface area contributed by atoms with Crippen LogP contribution in [0.15, 0.2) is 41.3 Å². The fraction of sp³-hybridized carbons (Fsp3) is 0.222. The molecule has 0 unspecified atom stereocenters. The van der Waals surface area contributed by atoms with Crippen molar-refractivity contribution in [2.45, 2.75) is 26.8 Å². The summed E-state index contributed by atoms with van der Waals surface area (Å²) >= 11 is 1.41. The van der Waals surface area contributed by atoms with Crippen molar-refractivity contribution in [1.82, 2.24) is 20.6 Å². The van der Waals surface area contributed by atoms with Gasteiger partial charge in [0.25, 0.3) is 11.8 Å².